The molecule has 5 heteroatoms. The molecule has 0 spiro atoms. The number of carbonyl (C=O) groups is 1. The first-order valence-electron chi connectivity index (χ1n) is 6.75. The van der Waals surface area contributed by atoms with Crippen LogP contribution in [0.15, 0.2) is 24.5 Å². The average Bonchev–Trinajstić information content (AvgIpc) is 2.84. The lowest BCUT2D eigenvalue weighted by Gasteiger charge is -2.22. The number of nitrogens with one attached hydrogen (secondary N) is 3. The Morgan fingerprint density at radius 1 is 1.30 bits per heavy atom. The second-order valence-corrected chi connectivity index (χ2v) is 5.33. The van der Waals surface area contributed by atoms with Crippen molar-refractivity contribution in [3.63, 3.8) is 0 Å². The van der Waals surface area contributed by atoms with Crippen molar-refractivity contribution in [3.8, 4) is 0 Å². The van der Waals surface area contributed by atoms with Crippen molar-refractivity contribution in [3.05, 3.63) is 47.0 Å². The Hall–Kier alpha value is -2.14. The monoisotopic (exact) mass is 270 g/mol. The zero-order chi connectivity index (χ0) is 14.1. The van der Waals surface area contributed by atoms with Gasteiger partial charge in [-0.3, -0.25) is 10.1 Å². The van der Waals surface area contributed by atoms with Crippen LogP contribution in [0.2, 0.25) is 0 Å². The largest absolute Gasteiger partial charge is 0.347 e. The standard InChI is InChI=1S/C15H18N4O/c1-9-3-10(2)5-11(4-9)19-15(20)13-6-12-14(7-16-13)18-8-17-12/h3-5,8,13,16H,6-7H2,1-2H3,(H,17,18)(H,19,20). The van der Waals surface area contributed by atoms with Crippen molar-refractivity contribution in [2.75, 3.05) is 5.32 Å². The Morgan fingerprint density at radius 2 is 2.05 bits per heavy atom. The molecule has 20 heavy (non-hydrogen) atoms. The second kappa shape index (κ2) is 5.09. The maximum absolute atomic E-state index is 12.3. The van der Waals surface area contributed by atoms with E-state index in [0.29, 0.717) is 13.0 Å². The number of aromatic amines is 1. The van der Waals surface area contributed by atoms with Gasteiger partial charge >= 0.3 is 0 Å². The van der Waals surface area contributed by atoms with Gasteiger partial charge in [0.25, 0.3) is 0 Å². The summed E-state index contributed by atoms with van der Waals surface area (Å²) in [5, 5.41) is 6.20. The fraction of sp³-hybridized carbons (Fsp3) is 0.333. The first kappa shape index (κ1) is 12.9. The van der Waals surface area contributed by atoms with Crippen molar-refractivity contribution in [2.45, 2.75) is 32.9 Å². The number of carbonyl (C=O) groups excluding carboxylic acids is 1. The minimum Gasteiger partial charge on any atom is -0.347 e. The zero-order valence-electron chi connectivity index (χ0n) is 11.7. The fourth-order valence-electron chi connectivity index (χ4n) is 2.63. The molecule has 3 rings (SSSR count). The highest BCUT2D eigenvalue weighted by Gasteiger charge is 2.25. The number of fused-ring (bicyclic) bond motifs is 1. The number of aryl methyl sites for hydroxylation is 2. The van der Waals surface area contributed by atoms with Crippen LogP contribution in [0.5, 0.6) is 0 Å². The van der Waals surface area contributed by atoms with Gasteiger partial charge in [-0.2, -0.15) is 0 Å². The summed E-state index contributed by atoms with van der Waals surface area (Å²) in [5.74, 6) is -0.0105. The third kappa shape index (κ3) is 2.58. The van der Waals surface area contributed by atoms with E-state index < -0.39 is 0 Å². The molecule has 2 aromatic rings. The van der Waals surface area contributed by atoms with Gasteiger partial charge in [-0.25, -0.2) is 4.98 Å². The Bertz CT molecular complexity index is 627. The number of nitrogens with zero attached hydrogens (tertiary/aromatic N) is 1. The lowest BCUT2D eigenvalue weighted by molar-refractivity contribution is -0.118. The molecule has 1 aromatic carbocycles. The minimum atomic E-state index is -0.230. The summed E-state index contributed by atoms with van der Waals surface area (Å²) in [5.41, 5.74) is 5.19. The third-order valence-electron chi connectivity index (χ3n) is 3.54. The highest BCUT2D eigenvalue weighted by molar-refractivity contribution is 5.95. The average molecular weight is 270 g/mol. The molecule has 1 aliphatic rings. The number of anilines is 1. The summed E-state index contributed by atoms with van der Waals surface area (Å²) < 4.78 is 0. The number of imidazole rings is 1. The number of aromatic nitrogens is 2. The first-order valence-corrected chi connectivity index (χ1v) is 6.75. The molecule has 1 unspecified atom stereocenters. The van der Waals surface area contributed by atoms with Crippen LogP contribution in [0.4, 0.5) is 5.69 Å². The molecule has 0 aliphatic carbocycles. The van der Waals surface area contributed by atoms with Gasteiger partial charge in [0.05, 0.1) is 23.8 Å². The lowest BCUT2D eigenvalue weighted by atomic mass is 10.0. The van der Waals surface area contributed by atoms with Crippen LogP contribution < -0.4 is 10.6 Å². The highest BCUT2D eigenvalue weighted by atomic mass is 16.2. The summed E-state index contributed by atoms with van der Waals surface area (Å²) in [6.45, 7) is 4.70. The van der Waals surface area contributed by atoms with Crippen molar-refractivity contribution in [1.29, 1.82) is 0 Å². The maximum atomic E-state index is 12.3. The molecule has 2 heterocycles. The summed E-state index contributed by atoms with van der Waals surface area (Å²) in [4.78, 5) is 19.6. The van der Waals surface area contributed by atoms with Crippen LogP contribution in [0.3, 0.4) is 0 Å². The Labute approximate surface area is 117 Å². The Kier molecular flexibility index (Phi) is 3.28. The first-order chi connectivity index (χ1) is 9.61. The molecular formula is C15H18N4O. The van der Waals surface area contributed by atoms with Gasteiger partial charge in [-0.1, -0.05) is 6.07 Å². The molecule has 3 N–H and O–H groups in total. The topological polar surface area (TPSA) is 69.8 Å². The van der Waals surface area contributed by atoms with E-state index in [1.807, 2.05) is 26.0 Å². The Morgan fingerprint density at radius 3 is 2.80 bits per heavy atom. The predicted octanol–water partition coefficient (Wildman–Crippen LogP) is 1.68. The van der Waals surface area contributed by atoms with Gasteiger partial charge in [0.15, 0.2) is 0 Å². The molecular weight excluding hydrogens is 252 g/mol. The molecule has 1 aromatic heterocycles. The number of rotatable bonds is 2. The molecule has 1 atom stereocenters. The van der Waals surface area contributed by atoms with E-state index in [-0.39, 0.29) is 11.9 Å². The van der Waals surface area contributed by atoms with Crippen LogP contribution in [0.25, 0.3) is 0 Å². The van der Waals surface area contributed by atoms with E-state index in [2.05, 4.69) is 26.7 Å². The van der Waals surface area contributed by atoms with Crippen LogP contribution in [0, 0.1) is 13.8 Å². The second-order valence-electron chi connectivity index (χ2n) is 5.33. The van der Waals surface area contributed by atoms with Crippen LogP contribution in [-0.4, -0.2) is 21.9 Å². The predicted molar refractivity (Wildman–Crippen MR) is 77.5 cm³/mol. The van der Waals surface area contributed by atoms with E-state index in [9.17, 15) is 4.79 Å². The molecule has 104 valence electrons. The number of hydrogen-bond donors (Lipinski definition) is 3. The van der Waals surface area contributed by atoms with Crippen LogP contribution in [0.1, 0.15) is 22.5 Å². The fourth-order valence-corrected chi connectivity index (χ4v) is 2.63. The minimum absolute atomic E-state index is 0.0105. The Balaban J connectivity index is 1.71. The molecule has 0 bridgehead atoms. The normalized spacial score (nSPS) is 17.6. The van der Waals surface area contributed by atoms with Gasteiger partial charge in [0, 0.05) is 18.7 Å². The van der Waals surface area contributed by atoms with Crippen LogP contribution in [-0.2, 0) is 17.8 Å². The molecule has 1 amide bonds. The number of benzene rings is 1. The number of amides is 1. The van der Waals surface area contributed by atoms with E-state index in [1.165, 1.54) is 0 Å². The van der Waals surface area contributed by atoms with Gasteiger partial charge in [0.1, 0.15) is 0 Å². The molecule has 1 aliphatic heterocycles. The van der Waals surface area contributed by atoms with Gasteiger partial charge in [-0.15, -0.1) is 0 Å². The third-order valence-corrected chi connectivity index (χ3v) is 3.54. The lowest BCUT2D eigenvalue weighted by Crippen LogP contribution is -2.44. The number of hydrogen-bond acceptors (Lipinski definition) is 3. The highest BCUT2D eigenvalue weighted by Crippen LogP contribution is 2.16. The van der Waals surface area contributed by atoms with E-state index in [0.717, 1.165) is 28.2 Å². The quantitative estimate of drug-likeness (QED) is 0.777. The van der Waals surface area contributed by atoms with Gasteiger partial charge in [-0.05, 0) is 37.1 Å². The smallest absolute Gasteiger partial charge is 0.241 e. The van der Waals surface area contributed by atoms with Gasteiger partial charge < -0.3 is 10.3 Å². The van der Waals surface area contributed by atoms with Gasteiger partial charge in [0.2, 0.25) is 5.91 Å². The summed E-state index contributed by atoms with van der Waals surface area (Å²) >= 11 is 0. The van der Waals surface area contributed by atoms with E-state index in [4.69, 9.17) is 0 Å². The molecule has 0 radical (unpaired) electrons. The van der Waals surface area contributed by atoms with Crippen molar-refractivity contribution in [2.24, 2.45) is 0 Å². The van der Waals surface area contributed by atoms with E-state index >= 15 is 0 Å². The molecule has 0 fully saturated rings. The zero-order valence-corrected chi connectivity index (χ0v) is 11.7. The van der Waals surface area contributed by atoms with E-state index in [1.54, 1.807) is 6.33 Å². The number of H-pyrrole nitrogens is 1. The molecule has 0 saturated heterocycles. The maximum Gasteiger partial charge on any atom is 0.241 e. The molecule has 0 saturated carbocycles. The van der Waals surface area contributed by atoms with Crippen molar-refractivity contribution < 1.29 is 4.79 Å². The van der Waals surface area contributed by atoms with Crippen molar-refractivity contribution in [1.82, 2.24) is 15.3 Å². The summed E-state index contributed by atoms with van der Waals surface area (Å²) in [7, 11) is 0. The summed E-state index contributed by atoms with van der Waals surface area (Å²) in [6.07, 6.45) is 2.30. The molecule has 5 nitrogen and oxygen atoms in total. The summed E-state index contributed by atoms with van der Waals surface area (Å²) in [6, 6.07) is 5.82. The van der Waals surface area contributed by atoms with Crippen LogP contribution >= 0.6 is 0 Å². The SMILES string of the molecule is Cc1cc(C)cc(NC(=O)C2Cc3nc[nH]c3CN2)c1. The van der Waals surface area contributed by atoms with Crippen molar-refractivity contribution >= 4 is 11.6 Å².